The minimum Gasteiger partial charge on any atom is -0.375 e. The van der Waals surface area contributed by atoms with Crippen LogP contribution in [0.2, 0.25) is 0 Å². The van der Waals surface area contributed by atoms with Crippen molar-refractivity contribution in [3.05, 3.63) is 0 Å². The summed E-state index contributed by atoms with van der Waals surface area (Å²) in [6.45, 7) is 4.45. The Labute approximate surface area is 80.6 Å². The molecule has 1 rings (SSSR count). The molecule has 0 amide bonds. The van der Waals surface area contributed by atoms with Crippen molar-refractivity contribution in [2.24, 2.45) is 11.8 Å². The van der Waals surface area contributed by atoms with E-state index in [-0.39, 0.29) is 0 Å². The molecule has 0 spiro atoms. The molecule has 2 atom stereocenters. The van der Waals surface area contributed by atoms with Crippen LogP contribution < -0.4 is 0 Å². The largest absolute Gasteiger partial charge is 0.375 e. The Bertz CT molecular complexity index is 207. The standard InChI is InChI=1S/C11H19NO/c1-9(2)10-4-3-6-11(13,8-12)7-5-10/h9-10,13H,3-7H2,1-2H3. The number of hydrogen-bond donors (Lipinski definition) is 1. The van der Waals surface area contributed by atoms with Gasteiger partial charge < -0.3 is 5.11 Å². The van der Waals surface area contributed by atoms with Crippen LogP contribution in [0.3, 0.4) is 0 Å². The molecule has 1 aliphatic carbocycles. The Morgan fingerprint density at radius 3 is 2.62 bits per heavy atom. The van der Waals surface area contributed by atoms with E-state index in [0.717, 1.165) is 12.8 Å². The molecule has 0 aromatic heterocycles. The quantitative estimate of drug-likeness (QED) is 0.499. The Kier molecular flexibility index (Phi) is 3.33. The van der Waals surface area contributed by atoms with Crippen molar-refractivity contribution in [1.29, 1.82) is 5.26 Å². The number of nitriles is 1. The lowest BCUT2D eigenvalue weighted by Crippen LogP contribution is -2.25. The average Bonchev–Trinajstić information content (AvgIpc) is 2.28. The molecule has 0 aromatic rings. The highest BCUT2D eigenvalue weighted by Crippen LogP contribution is 2.33. The van der Waals surface area contributed by atoms with E-state index in [1.165, 1.54) is 6.42 Å². The summed E-state index contributed by atoms with van der Waals surface area (Å²) in [5.74, 6) is 1.38. The summed E-state index contributed by atoms with van der Waals surface area (Å²) in [4.78, 5) is 0. The maximum atomic E-state index is 9.80. The molecule has 0 bridgehead atoms. The summed E-state index contributed by atoms with van der Waals surface area (Å²) in [5, 5.41) is 18.6. The SMILES string of the molecule is CC(C)C1CCCC(O)(C#N)CC1. The van der Waals surface area contributed by atoms with Gasteiger partial charge in [-0.05, 0) is 37.5 Å². The van der Waals surface area contributed by atoms with E-state index in [2.05, 4.69) is 13.8 Å². The first-order valence-electron chi connectivity index (χ1n) is 5.21. The van der Waals surface area contributed by atoms with Crippen LogP contribution in [0.15, 0.2) is 0 Å². The predicted molar refractivity (Wildman–Crippen MR) is 52.0 cm³/mol. The van der Waals surface area contributed by atoms with Gasteiger partial charge in [-0.25, -0.2) is 0 Å². The van der Waals surface area contributed by atoms with E-state index in [9.17, 15) is 5.11 Å². The summed E-state index contributed by atoms with van der Waals surface area (Å²) >= 11 is 0. The molecule has 0 radical (unpaired) electrons. The molecule has 2 nitrogen and oxygen atoms in total. The van der Waals surface area contributed by atoms with E-state index in [0.29, 0.717) is 24.7 Å². The summed E-state index contributed by atoms with van der Waals surface area (Å²) in [6, 6.07) is 2.04. The van der Waals surface area contributed by atoms with Gasteiger partial charge in [-0.2, -0.15) is 5.26 Å². The van der Waals surface area contributed by atoms with Crippen LogP contribution >= 0.6 is 0 Å². The zero-order valence-electron chi connectivity index (χ0n) is 8.58. The number of hydrogen-bond acceptors (Lipinski definition) is 2. The third-order valence-electron chi connectivity index (χ3n) is 3.24. The topological polar surface area (TPSA) is 44.0 Å². The van der Waals surface area contributed by atoms with Crippen LogP contribution in [-0.2, 0) is 0 Å². The van der Waals surface area contributed by atoms with Crippen molar-refractivity contribution in [1.82, 2.24) is 0 Å². The predicted octanol–water partition coefficient (Wildman–Crippen LogP) is 2.48. The molecular formula is C11H19NO. The van der Waals surface area contributed by atoms with Gasteiger partial charge in [0.05, 0.1) is 6.07 Å². The van der Waals surface area contributed by atoms with Gasteiger partial charge in [0.15, 0.2) is 5.60 Å². The smallest absolute Gasteiger partial charge is 0.151 e. The first-order chi connectivity index (χ1) is 6.07. The lowest BCUT2D eigenvalue weighted by Gasteiger charge is -2.19. The number of nitrogens with zero attached hydrogens (tertiary/aromatic N) is 1. The van der Waals surface area contributed by atoms with Gasteiger partial charge in [0, 0.05) is 0 Å². The molecule has 13 heavy (non-hydrogen) atoms. The minimum absolute atomic E-state index is 0.659. The zero-order valence-corrected chi connectivity index (χ0v) is 8.58. The zero-order chi connectivity index (χ0) is 9.90. The lowest BCUT2D eigenvalue weighted by molar-refractivity contribution is 0.0806. The van der Waals surface area contributed by atoms with Gasteiger partial charge in [-0.15, -0.1) is 0 Å². The minimum atomic E-state index is -1.02. The Balaban J connectivity index is 2.55. The average molecular weight is 181 g/mol. The highest BCUT2D eigenvalue weighted by Gasteiger charge is 2.31. The molecule has 2 heteroatoms. The normalized spacial score (nSPS) is 35.5. The summed E-state index contributed by atoms with van der Waals surface area (Å²) in [5.41, 5.74) is -1.02. The molecule has 1 fully saturated rings. The van der Waals surface area contributed by atoms with Crippen molar-refractivity contribution in [2.75, 3.05) is 0 Å². The molecule has 0 heterocycles. The molecule has 0 saturated heterocycles. The Morgan fingerprint density at radius 1 is 1.38 bits per heavy atom. The third-order valence-corrected chi connectivity index (χ3v) is 3.24. The van der Waals surface area contributed by atoms with Gasteiger partial charge in [0.25, 0.3) is 0 Å². The van der Waals surface area contributed by atoms with Crippen LogP contribution in [0.5, 0.6) is 0 Å². The second-order valence-corrected chi connectivity index (χ2v) is 4.58. The molecular weight excluding hydrogens is 162 g/mol. The third kappa shape index (κ3) is 2.70. The fraction of sp³-hybridized carbons (Fsp3) is 0.909. The van der Waals surface area contributed by atoms with Crippen LogP contribution in [0.1, 0.15) is 46.0 Å². The molecule has 74 valence electrons. The molecule has 2 unspecified atom stereocenters. The molecule has 0 aliphatic heterocycles. The highest BCUT2D eigenvalue weighted by atomic mass is 16.3. The molecule has 1 saturated carbocycles. The van der Waals surface area contributed by atoms with Crippen molar-refractivity contribution in [3.8, 4) is 6.07 Å². The van der Waals surface area contributed by atoms with Crippen molar-refractivity contribution < 1.29 is 5.11 Å². The first kappa shape index (κ1) is 10.5. The summed E-state index contributed by atoms with van der Waals surface area (Å²) in [6.07, 6.45) is 4.48. The van der Waals surface area contributed by atoms with Crippen molar-refractivity contribution in [3.63, 3.8) is 0 Å². The number of rotatable bonds is 1. The lowest BCUT2D eigenvalue weighted by atomic mass is 9.88. The summed E-state index contributed by atoms with van der Waals surface area (Å²) in [7, 11) is 0. The van der Waals surface area contributed by atoms with Gasteiger partial charge in [0.1, 0.15) is 0 Å². The van der Waals surface area contributed by atoms with Crippen LogP contribution in [0.4, 0.5) is 0 Å². The number of aliphatic hydroxyl groups is 1. The summed E-state index contributed by atoms with van der Waals surface area (Å²) < 4.78 is 0. The van der Waals surface area contributed by atoms with Gasteiger partial charge >= 0.3 is 0 Å². The second kappa shape index (κ2) is 4.11. The van der Waals surface area contributed by atoms with E-state index in [4.69, 9.17) is 5.26 Å². The van der Waals surface area contributed by atoms with Crippen LogP contribution in [0.25, 0.3) is 0 Å². The molecule has 1 N–H and O–H groups in total. The molecule has 0 aromatic carbocycles. The van der Waals surface area contributed by atoms with E-state index in [1.807, 2.05) is 6.07 Å². The van der Waals surface area contributed by atoms with Gasteiger partial charge in [-0.1, -0.05) is 20.3 Å². The second-order valence-electron chi connectivity index (χ2n) is 4.58. The van der Waals surface area contributed by atoms with Crippen molar-refractivity contribution in [2.45, 2.75) is 51.6 Å². The van der Waals surface area contributed by atoms with Crippen LogP contribution in [0, 0.1) is 23.2 Å². The Hall–Kier alpha value is -0.550. The molecule has 1 aliphatic rings. The Morgan fingerprint density at radius 2 is 2.08 bits per heavy atom. The fourth-order valence-corrected chi connectivity index (χ4v) is 2.13. The maximum absolute atomic E-state index is 9.80. The fourth-order valence-electron chi connectivity index (χ4n) is 2.13. The monoisotopic (exact) mass is 181 g/mol. The van der Waals surface area contributed by atoms with E-state index in [1.54, 1.807) is 0 Å². The van der Waals surface area contributed by atoms with Gasteiger partial charge in [0.2, 0.25) is 0 Å². The first-order valence-corrected chi connectivity index (χ1v) is 5.21. The van der Waals surface area contributed by atoms with Crippen molar-refractivity contribution >= 4 is 0 Å². The van der Waals surface area contributed by atoms with Crippen LogP contribution in [-0.4, -0.2) is 10.7 Å². The highest BCUT2D eigenvalue weighted by molar-refractivity contribution is 5.01. The van der Waals surface area contributed by atoms with Gasteiger partial charge in [-0.3, -0.25) is 0 Å². The van der Waals surface area contributed by atoms with E-state index < -0.39 is 5.60 Å². The van der Waals surface area contributed by atoms with E-state index >= 15 is 0 Å². The maximum Gasteiger partial charge on any atom is 0.151 e.